The van der Waals surface area contributed by atoms with Crippen LogP contribution >= 0.6 is 11.6 Å². The van der Waals surface area contributed by atoms with Gasteiger partial charge >= 0.3 is 0 Å². The standard InChI is InChI=1S/C11H11ClN4O2/c1-18-9-3-2-8(12)4-7(9)5-10(17)15-11-13-6-14-16-11/h2-4,6H,5H2,1H3,(H2,13,14,15,16,17). The Balaban J connectivity index is 2.08. The second-order valence-electron chi connectivity index (χ2n) is 3.52. The van der Waals surface area contributed by atoms with Crippen LogP contribution in [0, 0.1) is 0 Å². The molecule has 18 heavy (non-hydrogen) atoms. The minimum absolute atomic E-state index is 0.143. The Kier molecular flexibility index (Phi) is 3.78. The number of hydrogen-bond donors (Lipinski definition) is 2. The summed E-state index contributed by atoms with van der Waals surface area (Å²) in [5.74, 6) is 0.695. The number of carbonyl (C=O) groups is 1. The van der Waals surface area contributed by atoms with Crippen molar-refractivity contribution in [3.05, 3.63) is 35.1 Å². The maximum atomic E-state index is 11.8. The predicted octanol–water partition coefficient (Wildman–Crippen LogP) is 1.65. The summed E-state index contributed by atoms with van der Waals surface area (Å²) in [5.41, 5.74) is 0.710. The number of H-pyrrole nitrogens is 1. The SMILES string of the molecule is COc1ccc(Cl)cc1CC(=O)Nc1ncn[nH]1. The number of hydrogen-bond acceptors (Lipinski definition) is 4. The smallest absolute Gasteiger partial charge is 0.231 e. The van der Waals surface area contributed by atoms with E-state index in [2.05, 4.69) is 20.5 Å². The lowest BCUT2D eigenvalue weighted by atomic mass is 10.1. The number of amides is 1. The quantitative estimate of drug-likeness (QED) is 0.882. The molecule has 1 heterocycles. The zero-order chi connectivity index (χ0) is 13.0. The molecular formula is C11H11ClN4O2. The van der Waals surface area contributed by atoms with Gasteiger partial charge in [-0.2, -0.15) is 10.1 Å². The number of nitrogens with one attached hydrogen (secondary N) is 2. The van der Waals surface area contributed by atoms with Crippen molar-refractivity contribution < 1.29 is 9.53 Å². The minimum Gasteiger partial charge on any atom is -0.496 e. The number of nitrogens with zero attached hydrogens (tertiary/aromatic N) is 2. The molecule has 94 valence electrons. The largest absolute Gasteiger partial charge is 0.496 e. The van der Waals surface area contributed by atoms with Crippen LogP contribution in [0.15, 0.2) is 24.5 Å². The predicted molar refractivity (Wildman–Crippen MR) is 66.7 cm³/mol. The summed E-state index contributed by atoms with van der Waals surface area (Å²) in [4.78, 5) is 15.6. The fourth-order valence-electron chi connectivity index (χ4n) is 1.50. The van der Waals surface area contributed by atoms with Crippen LogP contribution in [0.25, 0.3) is 0 Å². The van der Waals surface area contributed by atoms with Gasteiger partial charge in [-0.05, 0) is 18.2 Å². The average molecular weight is 267 g/mol. The van der Waals surface area contributed by atoms with E-state index in [0.717, 1.165) is 0 Å². The average Bonchev–Trinajstić information content (AvgIpc) is 2.82. The molecule has 0 saturated carbocycles. The van der Waals surface area contributed by atoms with Crippen LogP contribution < -0.4 is 10.1 Å². The zero-order valence-electron chi connectivity index (χ0n) is 9.61. The summed E-state index contributed by atoms with van der Waals surface area (Å²) in [6.45, 7) is 0. The van der Waals surface area contributed by atoms with E-state index in [9.17, 15) is 4.79 Å². The summed E-state index contributed by atoms with van der Waals surface area (Å²) in [6, 6.07) is 5.12. The van der Waals surface area contributed by atoms with Gasteiger partial charge in [0, 0.05) is 10.6 Å². The third kappa shape index (κ3) is 2.98. The topological polar surface area (TPSA) is 79.9 Å². The summed E-state index contributed by atoms with van der Waals surface area (Å²) in [7, 11) is 1.54. The van der Waals surface area contributed by atoms with Crippen LogP contribution in [-0.4, -0.2) is 28.2 Å². The molecule has 0 atom stereocenters. The molecule has 0 bridgehead atoms. The van der Waals surface area contributed by atoms with Crippen molar-refractivity contribution in [2.24, 2.45) is 0 Å². The van der Waals surface area contributed by atoms with Gasteiger partial charge in [0.2, 0.25) is 11.9 Å². The van der Waals surface area contributed by atoms with Gasteiger partial charge < -0.3 is 4.74 Å². The molecule has 7 heteroatoms. The molecule has 0 spiro atoms. The van der Waals surface area contributed by atoms with E-state index in [1.54, 1.807) is 25.3 Å². The summed E-state index contributed by atoms with van der Waals surface area (Å²) >= 11 is 5.88. The lowest BCUT2D eigenvalue weighted by molar-refractivity contribution is -0.115. The molecule has 0 saturated heterocycles. The van der Waals surface area contributed by atoms with Crippen molar-refractivity contribution in [3.8, 4) is 5.75 Å². The number of rotatable bonds is 4. The van der Waals surface area contributed by atoms with Gasteiger partial charge in [0.05, 0.1) is 13.5 Å². The van der Waals surface area contributed by atoms with E-state index in [0.29, 0.717) is 22.3 Å². The molecule has 2 aromatic rings. The fraction of sp³-hybridized carbons (Fsp3) is 0.182. The number of aromatic amines is 1. The molecule has 0 aliphatic rings. The lowest BCUT2D eigenvalue weighted by Crippen LogP contribution is -2.15. The third-order valence-electron chi connectivity index (χ3n) is 2.27. The van der Waals surface area contributed by atoms with E-state index >= 15 is 0 Å². The number of carbonyl (C=O) groups excluding carboxylic acids is 1. The van der Waals surface area contributed by atoms with E-state index in [4.69, 9.17) is 16.3 Å². The Morgan fingerprint density at radius 2 is 2.39 bits per heavy atom. The highest BCUT2D eigenvalue weighted by Crippen LogP contribution is 2.23. The van der Waals surface area contributed by atoms with Crippen LogP contribution in [0.3, 0.4) is 0 Å². The number of ether oxygens (including phenoxy) is 1. The molecular weight excluding hydrogens is 256 g/mol. The molecule has 0 fully saturated rings. The van der Waals surface area contributed by atoms with Crippen molar-refractivity contribution >= 4 is 23.5 Å². The zero-order valence-corrected chi connectivity index (χ0v) is 10.4. The number of aromatic nitrogens is 3. The van der Waals surface area contributed by atoms with Gasteiger partial charge in [-0.1, -0.05) is 11.6 Å². The van der Waals surface area contributed by atoms with E-state index in [1.165, 1.54) is 6.33 Å². The highest BCUT2D eigenvalue weighted by atomic mass is 35.5. The second kappa shape index (κ2) is 5.50. The molecule has 2 rings (SSSR count). The van der Waals surface area contributed by atoms with Gasteiger partial charge in [0.25, 0.3) is 0 Å². The van der Waals surface area contributed by atoms with Crippen molar-refractivity contribution in [1.29, 1.82) is 0 Å². The number of anilines is 1. The number of benzene rings is 1. The molecule has 0 radical (unpaired) electrons. The first-order chi connectivity index (χ1) is 8.69. The van der Waals surface area contributed by atoms with Crippen molar-refractivity contribution in [2.45, 2.75) is 6.42 Å². The normalized spacial score (nSPS) is 10.1. The van der Waals surface area contributed by atoms with Crippen LogP contribution in [0.2, 0.25) is 5.02 Å². The van der Waals surface area contributed by atoms with E-state index in [1.807, 2.05) is 0 Å². The number of halogens is 1. The Hall–Kier alpha value is -2.08. The Morgan fingerprint density at radius 1 is 1.56 bits per heavy atom. The van der Waals surface area contributed by atoms with Gasteiger partial charge in [-0.25, -0.2) is 5.10 Å². The fourth-order valence-corrected chi connectivity index (χ4v) is 1.69. The van der Waals surface area contributed by atoms with Crippen LogP contribution in [0.4, 0.5) is 5.95 Å². The van der Waals surface area contributed by atoms with Gasteiger partial charge in [-0.15, -0.1) is 0 Å². The first-order valence-corrected chi connectivity index (χ1v) is 5.54. The summed E-state index contributed by atoms with van der Waals surface area (Å²) in [6.07, 6.45) is 1.46. The van der Waals surface area contributed by atoms with E-state index in [-0.39, 0.29) is 12.3 Å². The van der Waals surface area contributed by atoms with Crippen LogP contribution in [-0.2, 0) is 11.2 Å². The maximum Gasteiger partial charge on any atom is 0.231 e. The highest BCUT2D eigenvalue weighted by Gasteiger charge is 2.10. The summed E-state index contributed by atoms with van der Waals surface area (Å²) in [5, 5.41) is 9.31. The lowest BCUT2D eigenvalue weighted by Gasteiger charge is -2.08. The first kappa shape index (κ1) is 12.4. The molecule has 0 aliphatic carbocycles. The van der Waals surface area contributed by atoms with Crippen molar-refractivity contribution in [2.75, 3.05) is 12.4 Å². The third-order valence-corrected chi connectivity index (χ3v) is 2.50. The molecule has 1 aromatic carbocycles. The van der Waals surface area contributed by atoms with Gasteiger partial charge in [0.15, 0.2) is 0 Å². The first-order valence-electron chi connectivity index (χ1n) is 5.16. The molecule has 1 aromatic heterocycles. The van der Waals surface area contributed by atoms with Crippen molar-refractivity contribution in [1.82, 2.24) is 15.2 Å². The van der Waals surface area contributed by atoms with Crippen LogP contribution in [0.1, 0.15) is 5.56 Å². The van der Waals surface area contributed by atoms with E-state index < -0.39 is 0 Å². The highest BCUT2D eigenvalue weighted by molar-refractivity contribution is 6.30. The van der Waals surface area contributed by atoms with Crippen molar-refractivity contribution in [3.63, 3.8) is 0 Å². The summed E-state index contributed by atoms with van der Waals surface area (Å²) < 4.78 is 5.16. The molecule has 0 unspecified atom stereocenters. The molecule has 2 N–H and O–H groups in total. The molecule has 0 aliphatic heterocycles. The monoisotopic (exact) mass is 266 g/mol. The maximum absolute atomic E-state index is 11.8. The second-order valence-corrected chi connectivity index (χ2v) is 3.95. The molecule has 6 nitrogen and oxygen atoms in total. The number of methoxy groups -OCH3 is 1. The minimum atomic E-state index is -0.229. The van der Waals surface area contributed by atoms with Crippen LogP contribution in [0.5, 0.6) is 5.75 Å². The Morgan fingerprint density at radius 3 is 3.06 bits per heavy atom. The molecule has 1 amide bonds. The Bertz CT molecular complexity index is 542. The Labute approximate surface area is 108 Å². The van der Waals surface area contributed by atoms with Gasteiger partial charge in [0.1, 0.15) is 12.1 Å². The van der Waals surface area contributed by atoms with Gasteiger partial charge in [-0.3, -0.25) is 10.1 Å².